The lowest BCUT2D eigenvalue weighted by Crippen LogP contribution is -2.53. The molecular formula is C20H15Cl2N3O3S. The van der Waals surface area contributed by atoms with Crippen LogP contribution < -0.4 is 5.32 Å². The fourth-order valence-corrected chi connectivity index (χ4v) is 3.62. The van der Waals surface area contributed by atoms with E-state index in [2.05, 4.69) is 11.9 Å². The topological polar surface area (TPSA) is 71.4 Å². The van der Waals surface area contributed by atoms with Crippen LogP contribution in [-0.2, 0) is 16.6 Å². The lowest BCUT2D eigenvalue weighted by Gasteiger charge is -2.27. The number of thiocarbonyl (C=S) groups is 1. The number of halogens is 2. The fraction of sp³-hybridized carbons (Fsp3) is 0.100. The Bertz CT molecular complexity index is 1100. The molecule has 3 rings (SSSR count). The molecule has 29 heavy (non-hydrogen) atoms. The van der Waals surface area contributed by atoms with E-state index in [1.165, 1.54) is 29.2 Å². The minimum absolute atomic E-state index is 0.00866. The van der Waals surface area contributed by atoms with E-state index in [-0.39, 0.29) is 39.2 Å². The number of aromatic nitrogens is 1. The third-order valence-corrected chi connectivity index (χ3v) is 5.07. The Balaban J connectivity index is 2.05. The Morgan fingerprint density at radius 1 is 1.24 bits per heavy atom. The third-order valence-electron chi connectivity index (χ3n) is 4.20. The van der Waals surface area contributed by atoms with Crippen molar-refractivity contribution in [3.8, 4) is 0 Å². The normalized spacial score (nSPS) is 15.6. The number of ketones is 1. The zero-order valence-electron chi connectivity index (χ0n) is 15.2. The minimum atomic E-state index is -0.632. The summed E-state index contributed by atoms with van der Waals surface area (Å²) in [7, 11) is 1.73. The molecule has 1 aromatic carbocycles. The van der Waals surface area contributed by atoms with Crippen LogP contribution >= 0.6 is 35.4 Å². The van der Waals surface area contributed by atoms with E-state index in [0.29, 0.717) is 10.6 Å². The molecule has 1 N–H and O–H groups in total. The zero-order chi connectivity index (χ0) is 21.3. The lowest BCUT2D eigenvalue weighted by atomic mass is 10.00. The molecule has 0 atom stereocenters. The highest BCUT2D eigenvalue weighted by Crippen LogP contribution is 2.26. The Kier molecular flexibility index (Phi) is 6.02. The molecule has 0 spiro atoms. The van der Waals surface area contributed by atoms with E-state index in [1.807, 2.05) is 0 Å². The summed E-state index contributed by atoms with van der Waals surface area (Å²) < 4.78 is 1.65. The first kappa shape index (κ1) is 21.0. The monoisotopic (exact) mass is 447 g/mol. The van der Waals surface area contributed by atoms with Crippen LogP contribution in [0.15, 0.2) is 48.8 Å². The Morgan fingerprint density at radius 3 is 2.62 bits per heavy atom. The SMILES string of the molecule is C=CCN1C(=O)/C(=C/c2cn(C)cc2C(=O)c2ccc(Cl)cc2Cl)C(=O)NC1=S. The zero-order valence-corrected chi connectivity index (χ0v) is 17.6. The summed E-state index contributed by atoms with van der Waals surface area (Å²) in [6.07, 6.45) is 6.10. The maximum Gasteiger partial charge on any atom is 0.265 e. The van der Waals surface area contributed by atoms with Crippen LogP contribution in [0.1, 0.15) is 21.5 Å². The van der Waals surface area contributed by atoms with E-state index < -0.39 is 11.8 Å². The van der Waals surface area contributed by atoms with Gasteiger partial charge < -0.3 is 4.57 Å². The summed E-state index contributed by atoms with van der Waals surface area (Å²) in [5.74, 6) is -1.56. The minimum Gasteiger partial charge on any atom is -0.356 e. The number of aryl methyl sites for hydroxylation is 1. The molecule has 6 nitrogen and oxygen atoms in total. The van der Waals surface area contributed by atoms with Crippen molar-refractivity contribution < 1.29 is 14.4 Å². The molecule has 0 bridgehead atoms. The molecule has 2 amide bonds. The number of carbonyl (C=O) groups excluding carboxylic acids is 3. The first-order chi connectivity index (χ1) is 13.7. The van der Waals surface area contributed by atoms with Crippen LogP contribution in [0.5, 0.6) is 0 Å². The van der Waals surface area contributed by atoms with Crippen molar-refractivity contribution in [1.82, 2.24) is 14.8 Å². The van der Waals surface area contributed by atoms with Gasteiger partial charge in [-0.25, -0.2) is 0 Å². The highest BCUT2D eigenvalue weighted by molar-refractivity contribution is 7.80. The quantitative estimate of drug-likeness (QED) is 0.250. The van der Waals surface area contributed by atoms with Crippen molar-refractivity contribution >= 4 is 64.2 Å². The van der Waals surface area contributed by atoms with Crippen LogP contribution in [0.4, 0.5) is 0 Å². The molecule has 148 valence electrons. The van der Waals surface area contributed by atoms with Crippen molar-refractivity contribution in [2.24, 2.45) is 7.05 Å². The fourth-order valence-electron chi connectivity index (χ4n) is 2.87. The highest BCUT2D eigenvalue weighted by Gasteiger charge is 2.33. The molecule has 0 radical (unpaired) electrons. The Labute approximate surface area is 182 Å². The van der Waals surface area contributed by atoms with Gasteiger partial charge in [-0.15, -0.1) is 6.58 Å². The van der Waals surface area contributed by atoms with Crippen LogP contribution in [-0.4, -0.2) is 38.7 Å². The summed E-state index contributed by atoms with van der Waals surface area (Å²) in [5, 5.41) is 3.09. The highest BCUT2D eigenvalue weighted by atomic mass is 35.5. The van der Waals surface area contributed by atoms with E-state index in [9.17, 15) is 14.4 Å². The molecule has 1 aliphatic rings. The van der Waals surface area contributed by atoms with Gasteiger partial charge in [-0.2, -0.15) is 0 Å². The number of benzene rings is 1. The number of carbonyl (C=O) groups is 3. The number of nitrogens with zero attached hydrogens (tertiary/aromatic N) is 2. The van der Waals surface area contributed by atoms with Gasteiger partial charge in [0.05, 0.1) is 5.02 Å². The standard InChI is InChI=1S/C20H15Cl2N3O3S/c1-3-6-25-19(28)14(18(27)23-20(25)29)7-11-9-24(2)10-15(11)17(26)13-5-4-12(21)8-16(13)22/h3-5,7-10H,1,6H2,2H3,(H,23,27,29)/b14-7+. The average molecular weight is 448 g/mol. The van der Waals surface area contributed by atoms with Gasteiger partial charge in [0.15, 0.2) is 10.9 Å². The third kappa shape index (κ3) is 4.17. The second-order valence-electron chi connectivity index (χ2n) is 6.27. The van der Waals surface area contributed by atoms with Crippen molar-refractivity contribution in [2.75, 3.05) is 6.54 Å². The molecule has 0 unspecified atom stereocenters. The van der Waals surface area contributed by atoms with Crippen molar-refractivity contribution in [1.29, 1.82) is 0 Å². The molecule has 1 aliphatic heterocycles. The van der Waals surface area contributed by atoms with Crippen LogP contribution in [0, 0.1) is 0 Å². The van der Waals surface area contributed by atoms with Crippen molar-refractivity contribution in [2.45, 2.75) is 0 Å². The molecule has 1 aromatic heterocycles. The van der Waals surface area contributed by atoms with Crippen LogP contribution in [0.25, 0.3) is 6.08 Å². The first-order valence-corrected chi connectivity index (χ1v) is 9.54. The first-order valence-electron chi connectivity index (χ1n) is 8.38. The summed E-state index contributed by atoms with van der Waals surface area (Å²) >= 11 is 17.1. The molecule has 1 saturated heterocycles. The van der Waals surface area contributed by atoms with Gasteiger partial charge in [0.25, 0.3) is 11.8 Å². The van der Waals surface area contributed by atoms with Gasteiger partial charge in [0.2, 0.25) is 0 Å². The Hall–Kier alpha value is -2.74. The van der Waals surface area contributed by atoms with E-state index in [4.69, 9.17) is 35.4 Å². The van der Waals surface area contributed by atoms with E-state index in [0.717, 1.165) is 0 Å². The van der Waals surface area contributed by atoms with Crippen LogP contribution in [0.2, 0.25) is 10.0 Å². The lowest BCUT2D eigenvalue weighted by molar-refractivity contribution is -0.128. The summed E-state index contributed by atoms with van der Waals surface area (Å²) in [5.41, 5.74) is 0.806. The molecular weight excluding hydrogens is 433 g/mol. The van der Waals surface area contributed by atoms with Crippen LogP contribution in [0.3, 0.4) is 0 Å². The van der Waals surface area contributed by atoms with Gasteiger partial charge in [0, 0.05) is 47.7 Å². The number of rotatable bonds is 5. The van der Waals surface area contributed by atoms with Gasteiger partial charge in [0.1, 0.15) is 5.57 Å². The molecule has 9 heteroatoms. The van der Waals surface area contributed by atoms with Gasteiger partial charge >= 0.3 is 0 Å². The molecule has 2 aromatic rings. The molecule has 1 fully saturated rings. The maximum atomic E-state index is 13.0. The number of hydrogen-bond acceptors (Lipinski definition) is 4. The van der Waals surface area contributed by atoms with Crippen molar-refractivity contribution in [3.63, 3.8) is 0 Å². The molecule has 2 heterocycles. The number of amides is 2. The molecule has 0 saturated carbocycles. The summed E-state index contributed by atoms with van der Waals surface area (Å²) in [6.45, 7) is 3.73. The van der Waals surface area contributed by atoms with Gasteiger partial charge in [-0.3, -0.25) is 24.6 Å². The number of hydrogen-bond donors (Lipinski definition) is 1. The molecule has 0 aliphatic carbocycles. The summed E-state index contributed by atoms with van der Waals surface area (Å²) in [4.78, 5) is 39.3. The van der Waals surface area contributed by atoms with Gasteiger partial charge in [-0.1, -0.05) is 29.3 Å². The van der Waals surface area contributed by atoms with Gasteiger partial charge in [-0.05, 0) is 36.5 Å². The van der Waals surface area contributed by atoms with E-state index in [1.54, 1.807) is 30.1 Å². The summed E-state index contributed by atoms with van der Waals surface area (Å²) in [6, 6.07) is 4.57. The smallest absolute Gasteiger partial charge is 0.265 e. The predicted octanol–water partition coefficient (Wildman–Crippen LogP) is 3.38. The predicted molar refractivity (Wildman–Crippen MR) is 116 cm³/mol. The second-order valence-corrected chi connectivity index (χ2v) is 7.50. The van der Waals surface area contributed by atoms with E-state index >= 15 is 0 Å². The van der Waals surface area contributed by atoms with Crippen molar-refractivity contribution in [3.05, 3.63) is 75.6 Å². The largest absolute Gasteiger partial charge is 0.356 e. The number of nitrogens with one attached hydrogen (secondary N) is 1. The second kappa shape index (κ2) is 8.32. The maximum absolute atomic E-state index is 13.0. The average Bonchev–Trinajstić information content (AvgIpc) is 3.02. The Morgan fingerprint density at radius 2 is 1.97 bits per heavy atom.